The van der Waals surface area contributed by atoms with Gasteiger partial charge in [0.05, 0.1) is 0 Å². The molecule has 0 spiro atoms. The first-order chi connectivity index (χ1) is 7.47. The number of benzene rings is 1. The van der Waals surface area contributed by atoms with Crippen LogP contribution in [0, 0.1) is 0 Å². The van der Waals surface area contributed by atoms with Crippen molar-refractivity contribution in [3.63, 3.8) is 0 Å². The molecule has 0 saturated carbocycles. The molecule has 1 aromatic carbocycles. The van der Waals surface area contributed by atoms with E-state index in [2.05, 4.69) is 21.0 Å². The van der Waals surface area contributed by atoms with Gasteiger partial charge in [0, 0.05) is 18.1 Å². The average molecular weight is 322 g/mol. The highest BCUT2D eigenvalue weighted by atomic mass is 79.9. The van der Waals surface area contributed by atoms with Crippen LogP contribution >= 0.6 is 22.6 Å². The Morgan fingerprint density at radius 3 is 2.94 bits per heavy atom. The molecule has 6 heteroatoms. The van der Waals surface area contributed by atoms with Crippen molar-refractivity contribution in [2.45, 2.75) is 12.5 Å². The van der Waals surface area contributed by atoms with Crippen molar-refractivity contribution in [1.29, 1.82) is 0 Å². The predicted molar refractivity (Wildman–Crippen MR) is 71.9 cm³/mol. The van der Waals surface area contributed by atoms with Gasteiger partial charge in [-0.05, 0) is 36.4 Å². The third-order valence-corrected chi connectivity index (χ3v) is 5.83. The Morgan fingerprint density at radius 1 is 1.62 bits per heavy atom. The summed E-state index contributed by atoms with van der Waals surface area (Å²) in [7, 11) is 1.58. The van der Waals surface area contributed by atoms with Gasteiger partial charge >= 0.3 is 0 Å². The Balaban J connectivity index is 2.32. The van der Waals surface area contributed by atoms with Crippen LogP contribution in [0.1, 0.15) is 12.5 Å². The molecular weight excluding hydrogens is 309 g/mol. The summed E-state index contributed by atoms with van der Waals surface area (Å²) in [5.74, 6) is 0. The third kappa shape index (κ3) is 2.40. The molecule has 2 atom stereocenters. The Hall–Kier alpha value is 0.230. The minimum absolute atomic E-state index is 0.407. The molecule has 0 aromatic heterocycles. The van der Waals surface area contributed by atoms with Crippen LogP contribution in [0.2, 0.25) is 0 Å². The second kappa shape index (κ2) is 4.48. The second-order valence-corrected chi connectivity index (χ2v) is 8.06. The molecule has 16 heavy (non-hydrogen) atoms. The fourth-order valence-electron chi connectivity index (χ4n) is 1.65. The molecule has 1 aromatic rings. The molecule has 0 amide bonds. The summed E-state index contributed by atoms with van der Waals surface area (Å²) in [6.45, 7) is 0.413. The van der Waals surface area contributed by atoms with Crippen molar-refractivity contribution >= 4 is 34.4 Å². The Kier molecular flexibility index (Phi) is 3.55. The van der Waals surface area contributed by atoms with E-state index in [0.717, 1.165) is 10.0 Å². The fraction of sp³-hybridized carbons (Fsp3) is 0.400. The van der Waals surface area contributed by atoms with E-state index in [1.54, 1.807) is 7.11 Å². The number of rotatable bonds is 2. The van der Waals surface area contributed by atoms with Crippen LogP contribution in [0.3, 0.4) is 0 Å². The normalized spacial score (nSPS) is 34.2. The smallest absolute Gasteiger partial charge is 0.261 e. The summed E-state index contributed by atoms with van der Waals surface area (Å²) in [4.78, 5) is 0. The second-order valence-electron chi connectivity index (χ2n) is 3.85. The lowest BCUT2D eigenvalue weighted by atomic mass is 9.97. The molecule has 3 nitrogen and oxygen atoms in total. The number of nitrogens with one attached hydrogen (secondary N) is 1. The van der Waals surface area contributed by atoms with Gasteiger partial charge in [-0.25, -0.2) is 5.09 Å². The molecule has 1 aliphatic heterocycles. The average Bonchev–Trinajstić information content (AvgIpc) is 2.58. The van der Waals surface area contributed by atoms with Crippen LogP contribution in [0.25, 0.3) is 0 Å². The highest BCUT2D eigenvalue weighted by Crippen LogP contribution is 2.55. The van der Waals surface area contributed by atoms with Crippen LogP contribution in [-0.2, 0) is 26.5 Å². The van der Waals surface area contributed by atoms with Gasteiger partial charge in [-0.15, -0.1) is 0 Å². The first-order valence-electron chi connectivity index (χ1n) is 4.85. The minimum Gasteiger partial charge on any atom is -0.321 e. The quantitative estimate of drug-likeness (QED) is 0.848. The molecule has 0 aliphatic carbocycles. The molecule has 1 heterocycles. The van der Waals surface area contributed by atoms with E-state index in [1.165, 1.54) is 0 Å². The van der Waals surface area contributed by atoms with Gasteiger partial charge in [0.25, 0.3) is 6.64 Å². The van der Waals surface area contributed by atoms with Crippen LogP contribution in [0.4, 0.5) is 0 Å². The summed E-state index contributed by atoms with van der Waals surface area (Å²) >= 11 is 8.75. The molecule has 1 fully saturated rings. The van der Waals surface area contributed by atoms with Gasteiger partial charge in [0.1, 0.15) is 5.60 Å². The SMILES string of the molecule is COP1(=S)NCC(C)(c2cccc(Br)c2)O1. The van der Waals surface area contributed by atoms with Crippen LogP contribution < -0.4 is 5.09 Å². The van der Waals surface area contributed by atoms with E-state index in [0.29, 0.717) is 6.54 Å². The lowest BCUT2D eigenvalue weighted by molar-refractivity contribution is 0.121. The van der Waals surface area contributed by atoms with Crippen molar-refractivity contribution in [3.8, 4) is 0 Å². The molecular formula is C10H13BrNO2PS. The monoisotopic (exact) mass is 321 g/mol. The molecule has 1 aliphatic rings. The Morgan fingerprint density at radius 2 is 2.38 bits per heavy atom. The van der Waals surface area contributed by atoms with Crippen LogP contribution in [0.15, 0.2) is 28.7 Å². The predicted octanol–water partition coefficient (Wildman–Crippen LogP) is 3.16. The lowest BCUT2D eigenvalue weighted by Crippen LogP contribution is -2.26. The Labute approximate surface area is 109 Å². The van der Waals surface area contributed by atoms with E-state index in [4.69, 9.17) is 20.9 Å². The van der Waals surface area contributed by atoms with Gasteiger partial charge in [-0.2, -0.15) is 0 Å². The number of hydrogen-bond donors (Lipinski definition) is 1. The highest BCUT2D eigenvalue weighted by Gasteiger charge is 2.41. The highest BCUT2D eigenvalue weighted by molar-refractivity contribution is 9.10. The van der Waals surface area contributed by atoms with E-state index >= 15 is 0 Å². The van der Waals surface area contributed by atoms with Gasteiger partial charge in [-0.1, -0.05) is 28.1 Å². The number of hydrogen-bond acceptors (Lipinski definition) is 3. The molecule has 0 radical (unpaired) electrons. The summed E-state index contributed by atoms with van der Waals surface area (Å²) in [6.07, 6.45) is 0. The summed E-state index contributed by atoms with van der Waals surface area (Å²) in [6, 6.07) is 8.06. The van der Waals surface area contributed by atoms with E-state index in [1.807, 2.05) is 31.2 Å². The van der Waals surface area contributed by atoms with Crippen molar-refractivity contribution in [2.24, 2.45) is 0 Å². The zero-order valence-electron chi connectivity index (χ0n) is 9.07. The molecule has 0 bridgehead atoms. The zero-order valence-corrected chi connectivity index (χ0v) is 12.4. The van der Waals surface area contributed by atoms with E-state index in [-0.39, 0.29) is 0 Å². The van der Waals surface area contributed by atoms with Crippen molar-refractivity contribution in [3.05, 3.63) is 34.3 Å². The van der Waals surface area contributed by atoms with Gasteiger partial charge in [0.2, 0.25) is 0 Å². The molecule has 2 rings (SSSR count). The zero-order chi connectivity index (χ0) is 11.8. The standard InChI is InChI=1S/C10H13BrNO2PS/c1-10(7-12-15(16,13-2)14-10)8-4-3-5-9(11)6-8/h3-6H,7H2,1-2H3,(H,12,16). The minimum atomic E-state index is -2.29. The first-order valence-corrected chi connectivity index (χ1v) is 8.28. The summed E-state index contributed by atoms with van der Waals surface area (Å²) < 4.78 is 12.2. The topological polar surface area (TPSA) is 30.5 Å². The largest absolute Gasteiger partial charge is 0.321 e. The van der Waals surface area contributed by atoms with E-state index in [9.17, 15) is 0 Å². The van der Waals surface area contributed by atoms with Crippen molar-refractivity contribution in [1.82, 2.24) is 5.09 Å². The molecule has 2 unspecified atom stereocenters. The molecule has 1 saturated heterocycles. The fourth-order valence-corrected chi connectivity index (χ4v) is 4.20. The van der Waals surface area contributed by atoms with Crippen molar-refractivity contribution in [2.75, 3.05) is 13.7 Å². The lowest BCUT2D eigenvalue weighted by Gasteiger charge is -2.24. The Bertz CT molecular complexity index is 456. The van der Waals surface area contributed by atoms with Gasteiger partial charge < -0.3 is 9.05 Å². The molecule has 1 N–H and O–H groups in total. The maximum absolute atomic E-state index is 5.90. The maximum atomic E-state index is 5.90. The first kappa shape index (κ1) is 12.7. The van der Waals surface area contributed by atoms with E-state index < -0.39 is 12.2 Å². The van der Waals surface area contributed by atoms with Gasteiger partial charge in [0.15, 0.2) is 0 Å². The van der Waals surface area contributed by atoms with Crippen LogP contribution in [-0.4, -0.2) is 13.7 Å². The van der Waals surface area contributed by atoms with Crippen molar-refractivity contribution < 1.29 is 9.05 Å². The summed E-state index contributed by atoms with van der Waals surface area (Å²) in [5.41, 5.74) is 0.688. The van der Waals surface area contributed by atoms with Crippen LogP contribution in [0.5, 0.6) is 0 Å². The van der Waals surface area contributed by atoms with Gasteiger partial charge in [-0.3, -0.25) is 0 Å². The summed E-state index contributed by atoms with van der Waals surface area (Å²) in [5, 5.41) is 3.16. The number of halogens is 1. The third-order valence-electron chi connectivity index (χ3n) is 2.61. The maximum Gasteiger partial charge on any atom is 0.261 e. The molecule has 88 valence electrons.